The molecule has 2 heterocycles. The maximum Gasteiger partial charge on any atom is 0.338 e. The average Bonchev–Trinajstić information content (AvgIpc) is 3.00. The van der Waals surface area contributed by atoms with Gasteiger partial charge in [-0.1, -0.05) is 25.1 Å². The highest BCUT2D eigenvalue weighted by atomic mass is 32.1. The maximum atomic E-state index is 12.6. The molecule has 4 rings (SSSR count). The van der Waals surface area contributed by atoms with Crippen LogP contribution in [-0.4, -0.2) is 15.9 Å². The van der Waals surface area contributed by atoms with Gasteiger partial charge < -0.3 is 9.72 Å². The standard InChI is InChI=1S/C20H20N2O3S/c1-11-8-9-14-15(10-11)26-19-16(14)18(23)21-17(22-19)12(2)25-20(24)13-6-4-3-5-7-13/h3-7,11-12H,8-10H2,1-2H3,(H,21,22,23)/t11-,12+/m1/s1. The van der Waals surface area contributed by atoms with E-state index in [0.717, 1.165) is 29.7 Å². The molecule has 2 aromatic heterocycles. The van der Waals surface area contributed by atoms with E-state index < -0.39 is 12.1 Å². The van der Waals surface area contributed by atoms with Gasteiger partial charge >= 0.3 is 5.97 Å². The number of hydrogen-bond acceptors (Lipinski definition) is 5. The van der Waals surface area contributed by atoms with E-state index in [4.69, 9.17) is 4.74 Å². The number of carbonyl (C=O) groups is 1. The number of aryl methyl sites for hydroxylation is 1. The van der Waals surface area contributed by atoms with Crippen LogP contribution in [0.4, 0.5) is 0 Å². The van der Waals surface area contributed by atoms with Gasteiger partial charge in [-0.05, 0) is 49.8 Å². The Hall–Kier alpha value is -2.47. The van der Waals surface area contributed by atoms with E-state index in [-0.39, 0.29) is 5.56 Å². The quantitative estimate of drug-likeness (QED) is 0.709. The fourth-order valence-corrected chi connectivity index (χ4v) is 4.81. The van der Waals surface area contributed by atoms with E-state index in [2.05, 4.69) is 16.9 Å². The molecule has 0 radical (unpaired) electrons. The molecule has 0 saturated carbocycles. The minimum atomic E-state index is -0.627. The van der Waals surface area contributed by atoms with E-state index >= 15 is 0 Å². The minimum absolute atomic E-state index is 0.139. The number of carbonyl (C=O) groups excluding carboxylic acids is 1. The lowest BCUT2D eigenvalue weighted by Gasteiger charge is -2.17. The number of fused-ring (bicyclic) bond motifs is 3. The third kappa shape index (κ3) is 3.05. The van der Waals surface area contributed by atoms with E-state index in [1.165, 1.54) is 4.88 Å². The van der Waals surface area contributed by atoms with Gasteiger partial charge in [0, 0.05) is 4.88 Å². The maximum absolute atomic E-state index is 12.6. The molecule has 1 aromatic carbocycles. The van der Waals surface area contributed by atoms with Crippen molar-refractivity contribution in [2.45, 2.75) is 39.2 Å². The summed E-state index contributed by atoms with van der Waals surface area (Å²) < 4.78 is 5.48. The predicted molar refractivity (Wildman–Crippen MR) is 102 cm³/mol. The molecular formula is C20H20N2O3S. The summed E-state index contributed by atoms with van der Waals surface area (Å²) in [6.45, 7) is 3.96. The second-order valence-electron chi connectivity index (χ2n) is 6.90. The van der Waals surface area contributed by atoms with Crippen molar-refractivity contribution in [1.82, 2.24) is 9.97 Å². The van der Waals surface area contributed by atoms with Crippen LogP contribution in [0.5, 0.6) is 0 Å². The Balaban J connectivity index is 1.65. The van der Waals surface area contributed by atoms with Gasteiger partial charge in [-0.15, -0.1) is 11.3 Å². The van der Waals surface area contributed by atoms with E-state index in [1.807, 2.05) is 6.07 Å². The van der Waals surface area contributed by atoms with Gasteiger partial charge in [0.15, 0.2) is 11.9 Å². The fourth-order valence-electron chi connectivity index (χ4n) is 3.42. The van der Waals surface area contributed by atoms with E-state index in [0.29, 0.717) is 22.7 Å². The molecule has 0 bridgehead atoms. The van der Waals surface area contributed by atoms with Crippen molar-refractivity contribution < 1.29 is 9.53 Å². The van der Waals surface area contributed by atoms with Crippen molar-refractivity contribution in [2.75, 3.05) is 0 Å². The fraction of sp³-hybridized carbons (Fsp3) is 0.350. The Morgan fingerprint density at radius 3 is 2.88 bits per heavy atom. The second kappa shape index (κ2) is 6.68. The monoisotopic (exact) mass is 368 g/mol. The summed E-state index contributed by atoms with van der Waals surface area (Å²) in [6, 6.07) is 8.80. The van der Waals surface area contributed by atoms with Crippen LogP contribution in [0.3, 0.4) is 0 Å². The number of nitrogens with zero attached hydrogens (tertiary/aromatic N) is 1. The number of thiophene rings is 1. The van der Waals surface area contributed by atoms with Crippen LogP contribution in [0.2, 0.25) is 0 Å². The number of nitrogens with one attached hydrogen (secondary N) is 1. The Kier molecular flexibility index (Phi) is 4.36. The van der Waals surface area contributed by atoms with Crippen LogP contribution < -0.4 is 5.56 Å². The molecular weight excluding hydrogens is 348 g/mol. The summed E-state index contributed by atoms with van der Waals surface area (Å²) in [5, 5.41) is 0.710. The molecule has 1 aliphatic rings. The molecule has 3 aromatic rings. The summed E-state index contributed by atoms with van der Waals surface area (Å²) in [5.41, 5.74) is 1.49. The lowest BCUT2D eigenvalue weighted by molar-refractivity contribution is 0.0320. The first-order valence-corrected chi connectivity index (χ1v) is 9.65. The van der Waals surface area contributed by atoms with Gasteiger partial charge in [0.1, 0.15) is 4.83 Å². The van der Waals surface area contributed by atoms with Crippen molar-refractivity contribution in [1.29, 1.82) is 0 Å². The number of H-pyrrole nitrogens is 1. The van der Waals surface area contributed by atoms with Crippen LogP contribution in [-0.2, 0) is 17.6 Å². The third-order valence-electron chi connectivity index (χ3n) is 4.86. The third-order valence-corrected chi connectivity index (χ3v) is 6.01. The van der Waals surface area contributed by atoms with Crippen LogP contribution in [0.1, 0.15) is 53.0 Å². The topological polar surface area (TPSA) is 72.0 Å². The zero-order chi connectivity index (χ0) is 18.3. The van der Waals surface area contributed by atoms with Crippen molar-refractivity contribution in [2.24, 2.45) is 5.92 Å². The number of aromatic nitrogens is 2. The Morgan fingerprint density at radius 1 is 1.35 bits per heavy atom. The number of aromatic amines is 1. The predicted octanol–water partition coefficient (Wildman–Crippen LogP) is 4.03. The number of esters is 1. The summed E-state index contributed by atoms with van der Waals surface area (Å²) >= 11 is 1.59. The molecule has 2 atom stereocenters. The Bertz CT molecular complexity index is 1020. The summed E-state index contributed by atoms with van der Waals surface area (Å²) in [5.74, 6) is 0.596. The minimum Gasteiger partial charge on any atom is -0.451 e. The van der Waals surface area contributed by atoms with Gasteiger partial charge in [0.05, 0.1) is 10.9 Å². The number of ether oxygens (including phenoxy) is 1. The molecule has 134 valence electrons. The highest BCUT2D eigenvalue weighted by Crippen LogP contribution is 2.36. The Labute approximate surface area is 155 Å². The van der Waals surface area contributed by atoms with Gasteiger partial charge in [-0.2, -0.15) is 0 Å². The van der Waals surface area contributed by atoms with Crippen molar-refractivity contribution in [3.63, 3.8) is 0 Å². The lowest BCUT2D eigenvalue weighted by Crippen LogP contribution is -2.18. The number of hydrogen-bond donors (Lipinski definition) is 1. The normalized spacial score (nSPS) is 17.7. The van der Waals surface area contributed by atoms with E-state index in [1.54, 1.807) is 42.5 Å². The van der Waals surface area contributed by atoms with E-state index in [9.17, 15) is 9.59 Å². The zero-order valence-electron chi connectivity index (χ0n) is 14.7. The summed E-state index contributed by atoms with van der Waals surface area (Å²) in [7, 11) is 0. The molecule has 0 aliphatic heterocycles. The van der Waals surface area contributed by atoms with Crippen LogP contribution in [0.15, 0.2) is 35.1 Å². The van der Waals surface area contributed by atoms with Crippen molar-refractivity contribution >= 4 is 27.5 Å². The van der Waals surface area contributed by atoms with Gasteiger partial charge in [0.2, 0.25) is 0 Å². The average molecular weight is 368 g/mol. The summed E-state index contributed by atoms with van der Waals surface area (Å²) in [6.07, 6.45) is 2.41. The molecule has 6 heteroatoms. The van der Waals surface area contributed by atoms with Crippen molar-refractivity contribution in [3.8, 4) is 0 Å². The molecule has 1 N–H and O–H groups in total. The SMILES string of the molecule is C[C@@H]1CCc2c(sc3nc([C@H](C)OC(=O)c4ccccc4)[nH]c(=O)c23)C1. The molecule has 0 unspecified atom stereocenters. The molecule has 0 fully saturated rings. The zero-order valence-corrected chi connectivity index (χ0v) is 15.6. The highest BCUT2D eigenvalue weighted by Gasteiger charge is 2.24. The number of benzene rings is 1. The smallest absolute Gasteiger partial charge is 0.338 e. The molecule has 5 nitrogen and oxygen atoms in total. The molecule has 0 saturated heterocycles. The Morgan fingerprint density at radius 2 is 2.12 bits per heavy atom. The first-order chi connectivity index (χ1) is 12.5. The second-order valence-corrected chi connectivity index (χ2v) is 7.98. The first kappa shape index (κ1) is 17.0. The van der Waals surface area contributed by atoms with Crippen LogP contribution in [0, 0.1) is 5.92 Å². The lowest BCUT2D eigenvalue weighted by atomic mass is 9.89. The van der Waals surface area contributed by atoms with Crippen molar-refractivity contribution in [3.05, 3.63) is 62.5 Å². The van der Waals surface area contributed by atoms with Crippen LogP contribution in [0.25, 0.3) is 10.2 Å². The highest BCUT2D eigenvalue weighted by molar-refractivity contribution is 7.18. The van der Waals surface area contributed by atoms with Gasteiger partial charge in [-0.3, -0.25) is 4.79 Å². The molecule has 0 spiro atoms. The first-order valence-electron chi connectivity index (χ1n) is 8.83. The molecule has 1 aliphatic carbocycles. The van der Waals surface area contributed by atoms with Gasteiger partial charge in [-0.25, -0.2) is 9.78 Å². The molecule has 0 amide bonds. The molecule has 26 heavy (non-hydrogen) atoms. The van der Waals surface area contributed by atoms with Crippen LogP contribution >= 0.6 is 11.3 Å². The largest absolute Gasteiger partial charge is 0.451 e. The number of rotatable bonds is 3. The summed E-state index contributed by atoms with van der Waals surface area (Å²) in [4.78, 5) is 34.3. The van der Waals surface area contributed by atoms with Gasteiger partial charge in [0.25, 0.3) is 5.56 Å².